The maximum absolute atomic E-state index is 12.5. The number of anilines is 2. The molecule has 0 aliphatic carbocycles. The molecule has 0 atom stereocenters. The number of amides is 2. The van der Waals surface area contributed by atoms with E-state index in [9.17, 15) is 9.59 Å². The molecule has 0 saturated carbocycles. The van der Waals surface area contributed by atoms with E-state index >= 15 is 0 Å². The van der Waals surface area contributed by atoms with E-state index in [0.717, 1.165) is 16.8 Å². The third-order valence-electron chi connectivity index (χ3n) is 4.03. The molecule has 0 saturated heterocycles. The zero-order valence-electron chi connectivity index (χ0n) is 15.8. The van der Waals surface area contributed by atoms with Gasteiger partial charge >= 0.3 is 0 Å². The normalized spacial score (nSPS) is 10.2. The van der Waals surface area contributed by atoms with Gasteiger partial charge in [0.1, 0.15) is 6.54 Å². The fourth-order valence-corrected chi connectivity index (χ4v) is 2.58. The summed E-state index contributed by atoms with van der Waals surface area (Å²) in [6, 6.07) is 10.9. The molecule has 0 fully saturated rings. The fraction of sp³-hybridized carbons (Fsp3) is 0.300. The quantitative estimate of drug-likeness (QED) is 0.862. The van der Waals surface area contributed by atoms with Gasteiger partial charge in [-0.1, -0.05) is 12.1 Å². The summed E-state index contributed by atoms with van der Waals surface area (Å²) in [6.45, 7) is 5.20. The van der Waals surface area contributed by atoms with Gasteiger partial charge in [-0.2, -0.15) is 0 Å². The van der Waals surface area contributed by atoms with Crippen molar-refractivity contribution in [2.45, 2.75) is 20.8 Å². The highest BCUT2D eigenvalue weighted by atomic mass is 16.5. The van der Waals surface area contributed by atoms with Crippen LogP contribution in [-0.4, -0.2) is 32.6 Å². The van der Waals surface area contributed by atoms with Crippen molar-refractivity contribution in [1.29, 1.82) is 0 Å². The summed E-state index contributed by atoms with van der Waals surface area (Å²) in [7, 11) is 3.06. The zero-order chi connectivity index (χ0) is 19.3. The van der Waals surface area contributed by atoms with Gasteiger partial charge in [-0.15, -0.1) is 0 Å². The minimum atomic E-state index is -0.274. The van der Waals surface area contributed by atoms with Crippen LogP contribution in [0.2, 0.25) is 0 Å². The molecule has 0 heterocycles. The summed E-state index contributed by atoms with van der Waals surface area (Å²) >= 11 is 0. The second kappa shape index (κ2) is 8.38. The predicted octanol–water partition coefficient (Wildman–Crippen LogP) is 3.31. The molecule has 6 nitrogen and oxygen atoms in total. The Kier molecular flexibility index (Phi) is 6.22. The van der Waals surface area contributed by atoms with E-state index in [2.05, 4.69) is 5.32 Å². The molecule has 0 aromatic heterocycles. The Balaban J connectivity index is 2.21. The number of nitrogens with zero attached hydrogens (tertiary/aromatic N) is 1. The number of nitrogens with one attached hydrogen (secondary N) is 1. The molecule has 2 rings (SSSR count). The van der Waals surface area contributed by atoms with E-state index in [1.807, 2.05) is 32.0 Å². The average Bonchev–Trinajstić information content (AvgIpc) is 2.62. The van der Waals surface area contributed by atoms with Gasteiger partial charge in [0.2, 0.25) is 11.8 Å². The molecule has 138 valence electrons. The topological polar surface area (TPSA) is 67.9 Å². The van der Waals surface area contributed by atoms with Crippen LogP contribution in [0.3, 0.4) is 0 Å². The van der Waals surface area contributed by atoms with Gasteiger partial charge in [0.25, 0.3) is 0 Å². The van der Waals surface area contributed by atoms with Crippen molar-refractivity contribution in [1.82, 2.24) is 0 Å². The number of rotatable bonds is 6. The largest absolute Gasteiger partial charge is 0.493 e. The van der Waals surface area contributed by atoms with E-state index in [1.165, 1.54) is 26.0 Å². The molecular formula is C20H24N2O4. The lowest BCUT2D eigenvalue weighted by Gasteiger charge is -2.22. The first-order valence-corrected chi connectivity index (χ1v) is 8.23. The van der Waals surface area contributed by atoms with Crippen LogP contribution in [0.1, 0.15) is 18.1 Å². The van der Waals surface area contributed by atoms with E-state index in [-0.39, 0.29) is 18.4 Å². The highest BCUT2D eigenvalue weighted by Gasteiger charge is 2.18. The standard InChI is InChI=1S/C20H24N2O4/c1-13-6-7-14(2)17(10-13)21-20(24)12-22(15(3)23)16-8-9-18(25-4)19(11-16)26-5/h6-11H,12H2,1-5H3,(H,21,24). The second-order valence-electron chi connectivity index (χ2n) is 6.01. The third-order valence-corrected chi connectivity index (χ3v) is 4.03. The lowest BCUT2D eigenvalue weighted by atomic mass is 10.1. The first-order valence-electron chi connectivity index (χ1n) is 8.23. The Morgan fingerprint density at radius 2 is 1.69 bits per heavy atom. The fourth-order valence-electron chi connectivity index (χ4n) is 2.58. The molecule has 2 aromatic rings. The Hall–Kier alpha value is -3.02. The molecule has 0 bridgehead atoms. The lowest BCUT2D eigenvalue weighted by Crippen LogP contribution is -2.36. The van der Waals surface area contributed by atoms with Gasteiger partial charge in [-0.25, -0.2) is 0 Å². The Labute approximate surface area is 153 Å². The molecule has 0 spiro atoms. The maximum Gasteiger partial charge on any atom is 0.244 e. The molecular weight excluding hydrogens is 332 g/mol. The molecule has 0 aliphatic heterocycles. The number of methoxy groups -OCH3 is 2. The summed E-state index contributed by atoms with van der Waals surface area (Å²) in [5, 5.41) is 2.87. The van der Waals surface area contributed by atoms with Crippen molar-refractivity contribution in [2.75, 3.05) is 31.0 Å². The van der Waals surface area contributed by atoms with Crippen LogP contribution >= 0.6 is 0 Å². The van der Waals surface area contributed by atoms with Gasteiger partial charge in [0.15, 0.2) is 11.5 Å². The SMILES string of the molecule is COc1ccc(N(CC(=O)Nc2cc(C)ccc2C)C(C)=O)cc1OC. The highest BCUT2D eigenvalue weighted by Crippen LogP contribution is 2.31. The molecule has 0 aliphatic rings. The van der Waals surface area contributed by atoms with E-state index in [0.29, 0.717) is 17.2 Å². The van der Waals surface area contributed by atoms with E-state index < -0.39 is 0 Å². The number of hydrogen-bond acceptors (Lipinski definition) is 4. The molecule has 0 radical (unpaired) electrons. The van der Waals surface area contributed by atoms with Gasteiger partial charge in [-0.05, 0) is 43.2 Å². The second-order valence-corrected chi connectivity index (χ2v) is 6.01. The number of carbonyl (C=O) groups excluding carboxylic acids is 2. The summed E-state index contributed by atoms with van der Waals surface area (Å²) in [5.74, 6) is 0.530. The van der Waals surface area contributed by atoms with Crippen LogP contribution in [0.25, 0.3) is 0 Å². The van der Waals surface area contributed by atoms with Crippen molar-refractivity contribution in [3.8, 4) is 11.5 Å². The maximum atomic E-state index is 12.5. The molecule has 6 heteroatoms. The van der Waals surface area contributed by atoms with Crippen LogP contribution in [0.4, 0.5) is 11.4 Å². The first-order chi connectivity index (χ1) is 12.3. The van der Waals surface area contributed by atoms with Gasteiger partial charge in [-0.3, -0.25) is 9.59 Å². The Morgan fingerprint density at radius 1 is 1.00 bits per heavy atom. The van der Waals surface area contributed by atoms with Gasteiger partial charge < -0.3 is 19.7 Å². The average molecular weight is 356 g/mol. The third kappa shape index (κ3) is 4.53. The van der Waals surface area contributed by atoms with Crippen molar-refractivity contribution in [2.24, 2.45) is 0 Å². The number of carbonyl (C=O) groups is 2. The number of hydrogen-bond donors (Lipinski definition) is 1. The van der Waals surface area contributed by atoms with Crippen LogP contribution in [-0.2, 0) is 9.59 Å². The van der Waals surface area contributed by atoms with Crippen molar-refractivity contribution < 1.29 is 19.1 Å². The lowest BCUT2D eigenvalue weighted by molar-refractivity contribution is -0.120. The smallest absolute Gasteiger partial charge is 0.244 e. The summed E-state index contributed by atoms with van der Waals surface area (Å²) in [5.41, 5.74) is 3.32. The number of benzene rings is 2. The summed E-state index contributed by atoms with van der Waals surface area (Å²) in [4.78, 5) is 26.0. The molecule has 1 N–H and O–H groups in total. The van der Waals surface area contributed by atoms with Crippen molar-refractivity contribution >= 4 is 23.2 Å². The zero-order valence-corrected chi connectivity index (χ0v) is 15.8. The van der Waals surface area contributed by atoms with E-state index in [4.69, 9.17) is 9.47 Å². The van der Waals surface area contributed by atoms with Crippen LogP contribution in [0, 0.1) is 13.8 Å². The van der Waals surface area contributed by atoms with Gasteiger partial charge in [0, 0.05) is 24.4 Å². The Morgan fingerprint density at radius 3 is 2.31 bits per heavy atom. The van der Waals surface area contributed by atoms with E-state index in [1.54, 1.807) is 18.2 Å². The minimum absolute atomic E-state index is 0.0990. The van der Waals surface area contributed by atoms with Crippen LogP contribution < -0.4 is 19.7 Å². The number of aryl methyl sites for hydroxylation is 2. The number of ether oxygens (including phenoxy) is 2. The highest BCUT2D eigenvalue weighted by molar-refractivity contribution is 6.02. The molecule has 2 aromatic carbocycles. The summed E-state index contributed by atoms with van der Waals surface area (Å²) in [6.07, 6.45) is 0. The summed E-state index contributed by atoms with van der Waals surface area (Å²) < 4.78 is 10.5. The predicted molar refractivity (Wildman–Crippen MR) is 102 cm³/mol. The van der Waals surface area contributed by atoms with Crippen LogP contribution in [0.5, 0.6) is 11.5 Å². The van der Waals surface area contributed by atoms with Gasteiger partial charge in [0.05, 0.1) is 14.2 Å². The van der Waals surface area contributed by atoms with Crippen LogP contribution in [0.15, 0.2) is 36.4 Å². The minimum Gasteiger partial charge on any atom is -0.493 e. The van der Waals surface area contributed by atoms with Crippen molar-refractivity contribution in [3.63, 3.8) is 0 Å². The first kappa shape index (κ1) is 19.3. The molecule has 2 amide bonds. The molecule has 0 unspecified atom stereocenters. The monoisotopic (exact) mass is 356 g/mol. The molecule has 26 heavy (non-hydrogen) atoms. The Bertz CT molecular complexity index is 817. The van der Waals surface area contributed by atoms with Crippen molar-refractivity contribution in [3.05, 3.63) is 47.5 Å².